The molecule has 1 amide bonds. The molecular weight excluding hydrogens is 468 g/mol. The molecule has 0 aliphatic rings. The predicted molar refractivity (Wildman–Crippen MR) is 131 cm³/mol. The average molecular weight is 493 g/mol. The lowest BCUT2D eigenvalue weighted by Gasteiger charge is -2.15. The number of ether oxygens (including phenoxy) is 1. The highest BCUT2D eigenvalue weighted by Gasteiger charge is 2.22. The van der Waals surface area contributed by atoms with Gasteiger partial charge in [-0.1, -0.05) is 30.3 Å². The summed E-state index contributed by atoms with van der Waals surface area (Å²) in [5, 5.41) is 6.49. The van der Waals surface area contributed by atoms with Gasteiger partial charge in [-0.15, -0.1) is 0 Å². The van der Waals surface area contributed by atoms with E-state index in [1.165, 1.54) is 17.1 Å². The van der Waals surface area contributed by atoms with Crippen LogP contribution in [0.4, 0.5) is 5.95 Å². The lowest BCUT2D eigenvalue weighted by atomic mass is 10.0. The fourth-order valence-corrected chi connectivity index (χ4v) is 4.34. The summed E-state index contributed by atoms with van der Waals surface area (Å²) >= 11 is 0. The van der Waals surface area contributed by atoms with Gasteiger partial charge in [-0.25, -0.2) is 18.1 Å². The number of rotatable bonds is 7. The number of nitrogens with zero attached hydrogens (tertiary/aromatic N) is 4. The van der Waals surface area contributed by atoms with Gasteiger partial charge in [0.05, 0.1) is 11.9 Å². The van der Waals surface area contributed by atoms with Crippen molar-refractivity contribution in [3.05, 3.63) is 77.6 Å². The van der Waals surface area contributed by atoms with Crippen LogP contribution in [0.15, 0.2) is 65.8 Å². The van der Waals surface area contributed by atoms with Crippen molar-refractivity contribution < 1.29 is 17.9 Å². The number of hydrogen-bond acceptors (Lipinski definition) is 7. The van der Waals surface area contributed by atoms with Crippen LogP contribution < -0.4 is 14.8 Å². The van der Waals surface area contributed by atoms with Crippen molar-refractivity contribution in [2.45, 2.75) is 18.7 Å². The topological polar surface area (TPSA) is 128 Å². The number of carbonyl (C=O) groups excluding carboxylic acids is 1. The molecule has 35 heavy (non-hydrogen) atoms. The van der Waals surface area contributed by atoms with E-state index in [2.05, 4.69) is 25.1 Å². The van der Waals surface area contributed by atoms with Crippen LogP contribution in [0, 0.1) is 13.8 Å². The molecule has 0 fully saturated rings. The Hall–Kier alpha value is -4.25. The number of carbonyl (C=O) groups is 1. The van der Waals surface area contributed by atoms with Crippen molar-refractivity contribution in [2.24, 2.45) is 7.05 Å². The molecule has 2 heterocycles. The maximum absolute atomic E-state index is 12.9. The van der Waals surface area contributed by atoms with E-state index in [1.54, 1.807) is 45.3 Å². The molecule has 2 N–H and O–H groups in total. The van der Waals surface area contributed by atoms with Crippen molar-refractivity contribution in [3.63, 3.8) is 0 Å². The van der Waals surface area contributed by atoms with E-state index in [-0.39, 0.29) is 22.6 Å². The van der Waals surface area contributed by atoms with Gasteiger partial charge < -0.3 is 10.1 Å². The van der Waals surface area contributed by atoms with Gasteiger partial charge in [0.25, 0.3) is 15.9 Å². The van der Waals surface area contributed by atoms with E-state index in [4.69, 9.17) is 4.74 Å². The van der Waals surface area contributed by atoms with Crippen LogP contribution >= 0.6 is 0 Å². The first-order valence-corrected chi connectivity index (χ1v) is 12.1. The van der Waals surface area contributed by atoms with E-state index in [9.17, 15) is 13.2 Å². The molecule has 4 aromatic rings. The second-order valence-electron chi connectivity index (χ2n) is 7.81. The SMILES string of the molecule is CNC(=O)c1cccc(Oc2nc(NS(=O)(=O)c3cnn(C)c3)nc(-c3ccccc3C)c2C)c1. The van der Waals surface area contributed by atoms with Gasteiger partial charge in [0.2, 0.25) is 11.8 Å². The summed E-state index contributed by atoms with van der Waals surface area (Å²) in [7, 11) is -0.829. The third kappa shape index (κ3) is 5.14. The number of nitrogens with one attached hydrogen (secondary N) is 2. The van der Waals surface area contributed by atoms with Crippen molar-refractivity contribution in [1.29, 1.82) is 0 Å². The summed E-state index contributed by atoms with van der Waals surface area (Å²) in [6, 6.07) is 14.2. The molecular formula is C24H24N6O4S. The molecule has 0 spiro atoms. The third-order valence-electron chi connectivity index (χ3n) is 5.26. The van der Waals surface area contributed by atoms with Crippen LogP contribution in [0.25, 0.3) is 11.3 Å². The van der Waals surface area contributed by atoms with Gasteiger partial charge >= 0.3 is 0 Å². The molecule has 0 unspecified atom stereocenters. The van der Waals surface area contributed by atoms with Gasteiger partial charge in [0.15, 0.2) is 0 Å². The molecule has 4 rings (SSSR count). The number of hydrogen-bond donors (Lipinski definition) is 2. The van der Waals surface area contributed by atoms with Crippen LogP contribution in [0.3, 0.4) is 0 Å². The molecule has 0 radical (unpaired) electrons. The normalized spacial score (nSPS) is 11.2. The molecule has 0 atom stereocenters. The van der Waals surface area contributed by atoms with E-state index >= 15 is 0 Å². The van der Waals surface area contributed by atoms with Crippen LogP contribution in [0.2, 0.25) is 0 Å². The number of sulfonamides is 1. The first-order valence-electron chi connectivity index (χ1n) is 10.6. The minimum Gasteiger partial charge on any atom is -0.439 e. The summed E-state index contributed by atoms with van der Waals surface area (Å²) in [6.07, 6.45) is 2.61. The summed E-state index contributed by atoms with van der Waals surface area (Å²) in [6.45, 7) is 3.73. The van der Waals surface area contributed by atoms with Gasteiger partial charge in [0, 0.05) is 37.0 Å². The van der Waals surface area contributed by atoms with Crippen LogP contribution in [0.1, 0.15) is 21.5 Å². The maximum atomic E-state index is 12.9. The van der Waals surface area contributed by atoms with Crippen LogP contribution in [0.5, 0.6) is 11.6 Å². The smallest absolute Gasteiger partial charge is 0.267 e. The monoisotopic (exact) mass is 492 g/mol. The Bertz CT molecular complexity index is 1510. The minimum absolute atomic E-state index is 0.0256. The first kappa shape index (κ1) is 23.9. The minimum atomic E-state index is -3.99. The van der Waals surface area contributed by atoms with E-state index in [0.29, 0.717) is 22.6 Å². The average Bonchev–Trinajstić information content (AvgIpc) is 3.28. The summed E-state index contributed by atoms with van der Waals surface area (Å²) in [4.78, 5) is 20.9. The standard InChI is InChI=1S/C24H24N6O4S/c1-15-8-5-6-11-20(15)21-16(2)23(34-18-10-7-9-17(12-18)22(31)25-3)28-24(27-21)29-35(32,33)19-13-26-30(4)14-19/h5-14H,1-4H3,(H,25,31)(H,27,28,29). The lowest BCUT2D eigenvalue weighted by molar-refractivity contribution is 0.0962. The predicted octanol–water partition coefficient (Wildman–Crippen LogP) is 3.45. The zero-order valence-corrected chi connectivity index (χ0v) is 20.4. The van der Waals surface area contributed by atoms with Crippen LogP contribution in [-0.2, 0) is 17.1 Å². The van der Waals surface area contributed by atoms with Crippen molar-refractivity contribution in [2.75, 3.05) is 11.8 Å². The van der Waals surface area contributed by atoms with Crippen molar-refractivity contribution >= 4 is 21.9 Å². The largest absolute Gasteiger partial charge is 0.439 e. The number of anilines is 1. The Morgan fingerprint density at radius 3 is 2.51 bits per heavy atom. The molecule has 10 nitrogen and oxygen atoms in total. The number of amides is 1. The number of aryl methyl sites for hydroxylation is 2. The molecule has 0 saturated heterocycles. The van der Waals surface area contributed by atoms with Crippen LogP contribution in [-0.4, -0.2) is 41.1 Å². The second kappa shape index (κ2) is 9.55. The molecule has 11 heteroatoms. The van der Waals surface area contributed by atoms with Crippen molar-refractivity contribution in [3.8, 4) is 22.9 Å². The molecule has 0 aliphatic carbocycles. The van der Waals surface area contributed by atoms with Gasteiger partial charge in [-0.05, 0) is 37.6 Å². The highest BCUT2D eigenvalue weighted by atomic mass is 32.2. The van der Waals surface area contributed by atoms with Gasteiger partial charge in [-0.2, -0.15) is 10.1 Å². The Kier molecular flexibility index (Phi) is 6.52. The number of aromatic nitrogens is 4. The zero-order valence-electron chi connectivity index (χ0n) is 19.6. The molecule has 180 valence electrons. The molecule has 0 aliphatic heterocycles. The zero-order chi connectivity index (χ0) is 25.2. The number of benzene rings is 2. The Balaban J connectivity index is 1.81. The van der Waals surface area contributed by atoms with Crippen molar-refractivity contribution in [1.82, 2.24) is 25.1 Å². The van der Waals surface area contributed by atoms with Gasteiger partial charge in [0.1, 0.15) is 10.6 Å². The molecule has 0 saturated carbocycles. The second-order valence-corrected chi connectivity index (χ2v) is 9.49. The Morgan fingerprint density at radius 1 is 1.06 bits per heavy atom. The van der Waals surface area contributed by atoms with E-state index < -0.39 is 10.0 Å². The summed E-state index contributed by atoms with van der Waals surface area (Å²) in [5.74, 6) is 0.0939. The first-order chi connectivity index (χ1) is 16.7. The maximum Gasteiger partial charge on any atom is 0.267 e. The molecule has 2 aromatic carbocycles. The highest BCUT2D eigenvalue weighted by molar-refractivity contribution is 7.92. The van der Waals surface area contributed by atoms with Gasteiger partial charge in [-0.3, -0.25) is 9.48 Å². The quantitative estimate of drug-likeness (QED) is 0.404. The molecule has 2 aromatic heterocycles. The Labute approximate surface area is 203 Å². The lowest BCUT2D eigenvalue weighted by Crippen LogP contribution is -2.17. The van der Waals surface area contributed by atoms with E-state index in [0.717, 1.165) is 11.1 Å². The molecule has 0 bridgehead atoms. The summed E-state index contributed by atoms with van der Waals surface area (Å²) < 4.78 is 35.7. The highest BCUT2D eigenvalue weighted by Crippen LogP contribution is 2.33. The fraction of sp³-hybridized carbons (Fsp3) is 0.167. The third-order valence-corrected chi connectivity index (χ3v) is 6.54. The fourth-order valence-electron chi connectivity index (χ4n) is 3.42. The van der Waals surface area contributed by atoms with E-state index in [1.807, 2.05) is 31.2 Å². The Morgan fingerprint density at radius 2 is 1.83 bits per heavy atom. The summed E-state index contributed by atoms with van der Waals surface area (Å²) in [5.41, 5.74) is 3.28.